The fraction of sp³-hybridized carbons (Fsp3) is 1.00. The SMILES string of the molecule is CC1(C)OCC(C2OC(C)(C)OC2C2COC(C)(C)O2)O1. The Bertz CT molecular complexity index is 369. The number of rotatable bonds is 2. The fourth-order valence-electron chi connectivity index (χ4n) is 3.15. The van der Waals surface area contributed by atoms with Gasteiger partial charge in [0.05, 0.1) is 13.2 Å². The summed E-state index contributed by atoms with van der Waals surface area (Å²) in [5.74, 6) is -1.84. The predicted octanol–water partition coefficient (Wildman–Crippen LogP) is 1.81. The molecular formula is C15H26O6. The molecule has 0 aliphatic carbocycles. The van der Waals surface area contributed by atoms with Gasteiger partial charge >= 0.3 is 0 Å². The molecule has 0 bridgehead atoms. The van der Waals surface area contributed by atoms with Gasteiger partial charge in [-0.05, 0) is 41.5 Å². The van der Waals surface area contributed by atoms with E-state index in [2.05, 4.69) is 0 Å². The molecule has 3 heterocycles. The standard InChI is InChI=1S/C15H26O6/c1-13(2)16-7-9(18-13)11-12(21-15(5,6)20-11)10-8-17-14(3,4)19-10/h9-12H,7-8H2,1-6H3. The summed E-state index contributed by atoms with van der Waals surface area (Å²) in [6.45, 7) is 12.4. The first-order valence-electron chi connectivity index (χ1n) is 7.56. The van der Waals surface area contributed by atoms with Gasteiger partial charge in [-0.15, -0.1) is 0 Å². The van der Waals surface area contributed by atoms with E-state index in [9.17, 15) is 0 Å². The largest absolute Gasteiger partial charge is 0.348 e. The number of hydrogen-bond donors (Lipinski definition) is 0. The summed E-state index contributed by atoms with van der Waals surface area (Å²) in [7, 11) is 0. The molecule has 21 heavy (non-hydrogen) atoms. The Morgan fingerprint density at radius 2 is 0.952 bits per heavy atom. The van der Waals surface area contributed by atoms with Gasteiger partial charge < -0.3 is 28.4 Å². The highest BCUT2D eigenvalue weighted by Crippen LogP contribution is 2.39. The molecule has 4 unspecified atom stereocenters. The first kappa shape index (κ1) is 15.6. The summed E-state index contributed by atoms with van der Waals surface area (Å²) >= 11 is 0. The molecule has 0 amide bonds. The van der Waals surface area contributed by atoms with Gasteiger partial charge in [-0.2, -0.15) is 0 Å². The summed E-state index contributed by atoms with van der Waals surface area (Å²) in [5.41, 5.74) is 0. The van der Waals surface area contributed by atoms with Crippen molar-refractivity contribution in [3.8, 4) is 0 Å². The topological polar surface area (TPSA) is 55.4 Å². The van der Waals surface area contributed by atoms with Crippen LogP contribution in [0.2, 0.25) is 0 Å². The van der Waals surface area contributed by atoms with Crippen molar-refractivity contribution in [3.63, 3.8) is 0 Å². The zero-order valence-corrected chi connectivity index (χ0v) is 13.7. The number of ether oxygens (including phenoxy) is 6. The summed E-state index contributed by atoms with van der Waals surface area (Å²) < 4.78 is 35.3. The minimum Gasteiger partial charge on any atom is -0.348 e. The minimum atomic E-state index is -0.665. The Morgan fingerprint density at radius 1 is 0.571 bits per heavy atom. The normalized spacial score (nSPS) is 44.3. The van der Waals surface area contributed by atoms with Gasteiger partial charge in [0.1, 0.15) is 24.4 Å². The van der Waals surface area contributed by atoms with Crippen LogP contribution in [0.1, 0.15) is 41.5 Å². The Hall–Kier alpha value is -0.240. The molecule has 6 nitrogen and oxygen atoms in total. The van der Waals surface area contributed by atoms with Gasteiger partial charge in [0.25, 0.3) is 0 Å². The first-order chi connectivity index (χ1) is 9.57. The van der Waals surface area contributed by atoms with E-state index in [-0.39, 0.29) is 24.4 Å². The van der Waals surface area contributed by atoms with Crippen LogP contribution in [0.5, 0.6) is 0 Å². The third kappa shape index (κ3) is 3.25. The Balaban J connectivity index is 1.75. The van der Waals surface area contributed by atoms with Crippen molar-refractivity contribution < 1.29 is 28.4 Å². The van der Waals surface area contributed by atoms with E-state index in [0.717, 1.165) is 0 Å². The monoisotopic (exact) mass is 302 g/mol. The highest BCUT2D eigenvalue weighted by Gasteiger charge is 2.54. The lowest BCUT2D eigenvalue weighted by atomic mass is 10.0. The van der Waals surface area contributed by atoms with E-state index in [1.807, 2.05) is 41.5 Å². The quantitative estimate of drug-likeness (QED) is 0.775. The second kappa shape index (κ2) is 4.88. The molecule has 4 atom stereocenters. The zero-order chi connectivity index (χ0) is 15.5. The molecule has 0 aromatic heterocycles. The molecule has 0 radical (unpaired) electrons. The highest BCUT2D eigenvalue weighted by atomic mass is 16.8. The van der Waals surface area contributed by atoms with Crippen molar-refractivity contribution in [3.05, 3.63) is 0 Å². The van der Waals surface area contributed by atoms with Gasteiger partial charge in [-0.3, -0.25) is 0 Å². The van der Waals surface area contributed by atoms with Crippen LogP contribution in [0.15, 0.2) is 0 Å². The Morgan fingerprint density at radius 3 is 1.24 bits per heavy atom. The van der Waals surface area contributed by atoms with Crippen LogP contribution in [0.3, 0.4) is 0 Å². The van der Waals surface area contributed by atoms with Crippen molar-refractivity contribution >= 4 is 0 Å². The van der Waals surface area contributed by atoms with E-state index in [0.29, 0.717) is 13.2 Å². The Labute approximate surface area is 126 Å². The molecule has 3 aliphatic rings. The third-order valence-corrected chi connectivity index (χ3v) is 3.96. The lowest BCUT2D eigenvalue weighted by molar-refractivity contribution is -0.178. The zero-order valence-electron chi connectivity index (χ0n) is 13.7. The number of hydrogen-bond acceptors (Lipinski definition) is 6. The van der Waals surface area contributed by atoms with E-state index in [1.165, 1.54) is 0 Å². The summed E-state index contributed by atoms with van der Waals surface area (Å²) in [6.07, 6.45) is -0.799. The van der Waals surface area contributed by atoms with Crippen LogP contribution in [0, 0.1) is 0 Å². The van der Waals surface area contributed by atoms with Gasteiger partial charge in [-0.1, -0.05) is 0 Å². The van der Waals surface area contributed by atoms with Crippen molar-refractivity contribution in [1.82, 2.24) is 0 Å². The smallest absolute Gasteiger partial charge is 0.164 e. The molecule has 122 valence electrons. The molecule has 3 saturated heterocycles. The summed E-state index contributed by atoms with van der Waals surface area (Å²) in [6, 6.07) is 0. The van der Waals surface area contributed by atoms with E-state index >= 15 is 0 Å². The maximum absolute atomic E-state index is 6.06. The van der Waals surface area contributed by atoms with Crippen molar-refractivity contribution in [1.29, 1.82) is 0 Å². The van der Waals surface area contributed by atoms with E-state index in [4.69, 9.17) is 28.4 Å². The van der Waals surface area contributed by atoms with Crippen LogP contribution in [0.4, 0.5) is 0 Å². The molecule has 0 N–H and O–H groups in total. The lowest BCUT2D eigenvalue weighted by Gasteiger charge is -2.26. The van der Waals surface area contributed by atoms with Gasteiger partial charge in [-0.25, -0.2) is 0 Å². The van der Waals surface area contributed by atoms with Crippen molar-refractivity contribution in [2.45, 2.75) is 83.3 Å². The van der Waals surface area contributed by atoms with Gasteiger partial charge in [0.2, 0.25) is 0 Å². The van der Waals surface area contributed by atoms with Crippen LogP contribution in [-0.4, -0.2) is 55.0 Å². The average Bonchev–Trinajstić information content (AvgIpc) is 2.94. The highest BCUT2D eigenvalue weighted by molar-refractivity contribution is 4.96. The lowest BCUT2D eigenvalue weighted by Crippen LogP contribution is -2.45. The average molecular weight is 302 g/mol. The first-order valence-corrected chi connectivity index (χ1v) is 7.56. The van der Waals surface area contributed by atoms with Crippen LogP contribution < -0.4 is 0 Å². The third-order valence-electron chi connectivity index (χ3n) is 3.96. The van der Waals surface area contributed by atoms with Crippen LogP contribution >= 0.6 is 0 Å². The van der Waals surface area contributed by atoms with Gasteiger partial charge in [0, 0.05) is 0 Å². The summed E-state index contributed by atoms with van der Waals surface area (Å²) in [4.78, 5) is 0. The Kier molecular flexibility index (Phi) is 3.63. The van der Waals surface area contributed by atoms with Gasteiger partial charge in [0.15, 0.2) is 17.4 Å². The van der Waals surface area contributed by atoms with Crippen LogP contribution in [0.25, 0.3) is 0 Å². The minimum absolute atomic E-state index is 0.168. The van der Waals surface area contributed by atoms with E-state index in [1.54, 1.807) is 0 Å². The molecule has 3 aliphatic heterocycles. The maximum Gasteiger partial charge on any atom is 0.164 e. The van der Waals surface area contributed by atoms with Crippen molar-refractivity contribution in [2.24, 2.45) is 0 Å². The van der Waals surface area contributed by atoms with Crippen LogP contribution in [-0.2, 0) is 28.4 Å². The van der Waals surface area contributed by atoms with Crippen molar-refractivity contribution in [2.75, 3.05) is 13.2 Å². The predicted molar refractivity (Wildman–Crippen MR) is 73.6 cm³/mol. The summed E-state index contributed by atoms with van der Waals surface area (Å²) in [5, 5.41) is 0. The molecule has 0 aromatic carbocycles. The fourth-order valence-corrected chi connectivity index (χ4v) is 3.15. The molecule has 3 fully saturated rings. The molecule has 0 saturated carbocycles. The molecule has 0 aromatic rings. The second-order valence-corrected chi connectivity index (χ2v) is 7.30. The molecular weight excluding hydrogens is 276 g/mol. The molecule has 6 heteroatoms. The second-order valence-electron chi connectivity index (χ2n) is 7.30. The maximum atomic E-state index is 6.06. The molecule has 0 spiro atoms. The molecule has 3 rings (SSSR count). The van der Waals surface area contributed by atoms with E-state index < -0.39 is 17.4 Å².